The van der Waals surface area contributed by atoms with Crippen molar-refractivity contribution < 1.29 is 0 Å². The second-order valence-electron chi connectivity index (χ2n) is 3.90. The van der Waals surface area contributed by atoms with Gasteiger partial charge in [0.15, 0.2) is 0 Å². The lowest BCUT2D eigenvalue weighted by Gasteiger charge is -2.11. The van der Waals surface area contributed by atoms with Crippen molar-refractivity contribution in [3.8, 4) is 0 Å². The molecule has 0 N–H and O–H groups in total. The first-order chi connectivity index (χ1) is 6.36. The summed E-state index contributed by atoms with van der Waals surface area (Å²) < 4.78 is 0. The maximum atomic E-state index is 3.25. The third-order valence-electron chi connectivity index (χ3n) is 2.95. The topological polar surface area (TPSA) is 0 Å². The highest BCUT2D eigenvalue weighted by Gasteiger charge is 2.27. The molecule has 0 saturated heterocycles. The Kier molecular flexibility index (Phi) is 2.39. The molecule has 0 bridgehead atoms. The Morgan fingerprint density at radius 1 is 1.15 bits per heavy atom. The van der Waals surface area contributed by atoms with E-state index in [1.807, 2.05) is 0 Å². The van der Waals surface area contributed by atoms with Crippen LogP contribution in [-0.2, 0) is 12.8 Å². The van der Waals surface area contributed by atoms with Gasteiger partial charge >= 0.3 is 0 Å². The Labute approximate surface area is 81.0 Å². The van der Waals surface area contributed by atoms with Crippen LogP contribution < -0.4 is 0 Å². The lowest BCUT2D eigenvalue weighted by Crippen LogP contribution is -1.96. The fourth-order valence-corrected chi connectivity index (χ4v) is 2.09. The van der Waals surface area contributed by atoms with Crippen LogP contribution in [0.2, 0.25) is 0 Å². The average Bonchev–Trinajstić information content (AvgIpc) is 3.00. The maximum Gasteiger partial charge on any atom is -0.0156 e. The SMILES string of the molecule is CCc1c[c]cc(CC)c1C1CC1. The van der Waals surface area contributed by atoms with Crippen LogP contribution in [0.25, 0.3) is 0 Å². The van der Waals surface area contributed by atoms with Crippen LogP contribution in [0, 0.1) is 6.07 Å². The molecular formula is C13H17. The summed E-state index contributed by atoms with van der Waals surface area (Å²) in [6, 6.07) is 7.60. The van der Waals surface area contributed by atoms with Crippen LogP contribution in [0.15, 0.2) is 12.1 Å². The predicted octanol–water partition coefficient (Wildman–Crippen LogP) is 3.49. The maximum absolute atomic E-state index is 3.25. The second-order valence-corrected chi connectivity index (χ2v) is 3.90. The van der Waals surface area contributed by atoms with Gasteiger partial charge in [-0.3, -0.25) is 0 Å². The van der Waals surface area contributed by atoms with Crippen LogP contribution in [0.1, 0.15) is 49.3 Å². The molecule has 1 aliphatic carbocycles. The number of aryl methyl sites for hydroxylation is 2. The Hall–Kier alpha value is -0.780. The molecule has 0 heterocycles. The zero-order valence-corrected chi connectivity index (χ0v) is 8.56. The molecule has 0 aliphatic heterocycles. The molecule has 0 aromatic heterocycles. The van der Waals surface area contributed by atoms with Crippen molar-refractivity contribution in [2.45, 2.75) is 45.4 Å². The second kappa shape index (κ2) is 3.53. The molecular weight excluding hydrogens is 156 g/mol. The van der Waals surface area contributed by atoms with E-state index in [0.29, 0.717) is 0 Å². The highest BCUT2D eigenvalue weighted by Crippen LogP contribution is 2.43. The molecule has 0 spiro atoms. The molecule has 0 atom stereocenters. The molecule has 1 aromatic carbocycles. The van der Waals surface area contributed by atoms with Crippen molar-refractivity contribution in [2.24, 2.45) is 0 Å². The summed E-state index contributed by atoms with van der Waals surface area (Å²) in [6.07, 6.45) is 5.14. The van der Waals surface area contributed by atoms with Gasteiger partial charge in [-0.25, -0.2) is 0 Å². The average molecular weight is 173 g/mol. The van der Waals surface area contributed by atoms with Crippen molar-refractivity contribution in [3.63, 3.8) is 0 Å². The molecule has 0 heteroatoms. The molecule has 1 aromatic rings. The summed E-state index contributed by atoms with van der Waals surface area (Å²) in [5, 5.41) is 0. The van der Waals surface area contributed by atoms with Gasteiger partial charge in [-0.1, -0.05) is 26.0 Å². The minimum Gasteiger partial charge on any atom is -0.0613 e. The summed E-state index contributed by atoms with van der Waals surface area (Å²) in [6.45, 7) is 4.49. The predicted molar refractivity (Wildman–Crippen MR) is 56.0 cm³/mol. The van der Waals surface area contributed by atoms with Gasteiger partial charge in [0.2, 0.25) is 0 Å². The molecule has 1 saturated carbocycles. The van der Waals surface area contributed by atoms with E-state index in [0.717, 1.165) is 18.8 Å². The van der Waals surface area contributed by atoms with Gasteiger partial charge in [0.05, 0.1) is 0 Å². The smallest absolute Gasteiger partial charge is 0.0156 e. The molecule has 0 unspecified atom stereocenters. The van der Waals surface area contributed by atoms with Crippen LogP contribution in [0.3, 0.4) is 0 Å². The van der Waals surface area contributed by atoms with E-state index in [1.165, 1.54) is 24.0 Å². The zero-order valence-electron chi connectivity index (χ0n) is 8.56. The van der Waals surface area contributed by atoms with E-state index in [-0.39, 0.29) is 0 Å². The highest BCUT2D eigenvalue weighted by atomic mass is 14.3. The molecule has 0 amide bonds. The first kappa shape index (κ1) is 8.80. The molecule has 1 aliphatic rings. The Balaban J connectivity index is 2.44. The fourth-order valence-electron chi connectivity index (χ4n) is 2.09. The van der Waals surface area contributed by atoms with Crippen LogP contribution in [0.5, 0.6) is 0 Å². The first-order valence-corrected chi connectivity index (χ1v) is 5.38. The van der Waals surface area contributed by atoms with Gasteiger partial charge < -0.3 is 0 Å². The molecule has 0 nitrogen and oxygen atoms in total. The molecule has 1 radical (unpaired) electrons. The van der Waals surface area contributed by atoms with Crippen LogP contribution in [0.4, 0.5) is 0 Å². The van der Waals surface area contributed by atoms with E-state index in [1.54, 1.807) is 5.56 Å². The lowest BCUT2D eigenvalue weighted by atomic mass is 9.94. The van der Waals surface area contributed by atoms with Crippen molar-refractivity contribution in [3.05, 3.63) is 34.9 Å². The highest BCUT2D eigenvalue weighted by molar-refractivity contribution is 5.40. The third-order valence-corrected chi connectivity index (χ3v) is 2.95. The summed E-state index contributed by atoms with van der Waals surface area (Å²) in [4.78, 5) is 0. The van der Waals surface area contributed by atoms with Crippen LogP contribution >= 0.6 is 0 Å². The van der Waals surface area contributed by atoms with Crippen molar-refractivity contribution in [2.75, 3.05) is 0 Å². The summed E-state index contributed by atoms with van der Waals surface area (Å²) >= 11 is 0. The Morgan fingerprint density at radius 2 is 1.69 bits per heavy atom. The normalized spacial score (nSPS) is 16.2. The van der Waals surface area contributed by atoms with E-state index in [4.69, 9.17) is 0 Å². The van der Waals surface area contributed by atoms with Gasteiger partial charge in [-0.05, 0) is 54.4 Å². The van der Waals surface area contributed by atoms with Gasteiger partial charge in [-0.2, -0.15) is 0 Å². The van der Waals surface area contributed by atoms with Gasteiger partial charge in [0.25, 0.3) is 0 Å². The quantitative estimate of drug-likeness (QED) is 0.656. The Morgan fingerprint density at radius 3 is 2.08 bits per heavy atom. The molecule has 1 fully saturated rings. The molecule has 13 heavy (non-hydrogen) atoms. The molecule has 2 rings (SSSR count). The summed E-state index contributed by atoms with van der Waals surface area (Å²) in [5.41, 5.74) is 4.72. The van der Waals surface area contributed by atoms with E-state index < -0.39 is 0 Å². The van der Waals surface area contributed by atoms with Gasteiger partial charge in [0.1, 0.15) is 0 Å². The summed E-state index contributed by atoms with van der Waals surface area (Å²) in [5.74, 6) is 0.888. The number of benzene rings is 1. The van der Waals surface area contributed by atoms with Gasteiger partial charge in [0, 0.05) is 0 Å². The van der Waals surface area contributed by atoms with Crippen molar-refractivity contribution in [1.82, 2.24) is 0 Å². The summed E-state index contributed by atoms with van der Waals surface area (Å²) in [7, 11) is 0. The number of hydrogen-bond acceptors (Lipinski definition) is 0. The first-order valence-electron chi connectivity index (χ1n) is 5.38. The van der Waals surface area contributed by atoms with E-state index in [2.05, 4.69) is 32.0 Å². The fraction of sp³-hybridized carbons (Fsp3) is 0.538. The van der Waals surface area contributed by atoms with Gasteiger partial charge in [-0.15, -0.1) is 0 Å². The standard InChI is InChI=1S/C13H17/c1-3-10-6-5-7-11(4-2)13(10)12-8-9-12/h6-7,12H,3-4,8-9H2,1-2H3. The van der Waals surface area contributed by atoms with E-state index in [9.17, 15) is 0 Å². The minimum atomic E-state index is 0.888. The van der Waals surface area contributed by atoms with Crippen LogP contribution in [-0.4, -0.2) is 0 Å². The largest absolute Gasteiger partial charge is 0.0613 e. The van der Waals surface area contributed by atoms with E-state index >= 15 is 0 Å². The minimum absolute atomic E-state index is 0.888. The van der Waals surface area contributed by atoms with Crippen molar-refractivity contribution >= 4 is 0 Å². The molecule has 69 valence electrons. The number of hydrogen-bond donors (Lipinski definition) is 0. The van der Waals surface area contributed by atoms with Crippen molar-refractivity contribution in [1.29, 1.82) is 0 Å². The number of rotatable bonds is 3. The zero-order chi connectivity index (χ0) is 9.26. The Bertz CT molecular complexity index is 273. The monoisotopic (exact) mass is 173 g/mol. The third kappa shape index (κ3) is 1.63. The lowest BCUT2D eigenvalue weighted by molar-refractivity contribution is 0.972.